The van der Waals surface area contributed by atoms with Crippen molar-refractivity contribution in [3.05, 3.63) is 48.6 Å². The van der Waals surface area contributed by atoms with Gasteiger partial charge in [0.05, 0.1) is 12.7 Å². The minimum atomic E-state index is -0.361. The van der Waals surface area contributed by atoms with Crippen LogP contribution in [0.5, 0.6) is 0 Å². The van der Waals surface area contributed by atoms with E-state index in [0.29, 0.717) is 5.78 Å². The smallest absolute Gasteiger partial charge is 0.168 e. The van der Waals surface area contributed by atoms with Crippen LogP contribution in [0.3, 0.4) is 0 Å². The first-order valence-corrected chi connectivity index (χ1v) is 23.1. The second kappa shape index (κ2) is 37.4. The molecule has 0 spiro atoms. The third-order valence-corrected chi connectivity index (χ3v) is 10.8. The molecule has 1 rings (SSSR count). The number of rotatable bonds is 39. The maximum Gasteiger partial charge on any atom is 0.168 e. The highest BCUT2D eigenvalue weighted by Gasteiger charge is 2.40. The fourth-order valence-corrected chi connectivity index (χ4v) is 7.32. The lowest BCUT2D eigenvalue weighted by atomic mass is 9.98. The van der Waals surface area contributed by atoms with E-state index in [0.717, 1.165) is 77.5 Å². The monoisotopic (exact) mass is 740 g/mol. The maximum absolute atomic E-state index is 11.2. The first kappa shape index (κ1) is 49.5. The Hall–Kier alpha value is -1.49. The molecule has 1 fully saturated rings. The Morgan fingerprint density at radius 1 is 0.566 bits per heavy atom. The molecule has 308 valence electrons. The average Bonchev–Trinajstić information content (AvgIpc) is 3.56. The van der Waals surface area contributed by atoms with Crippen molar-refractivity contribution in [3.8, 4) is 0 Å². The van der Waals surface area contributed by atoms with E-state index in [2.05, 4.69) is 74.4 Å². The molecule has 0 N–H and O–H groups in total. The van der Waals surface area contributed by atoms with Crippen LogP contribution in [0.4, 0.5) is 0 Å². The number of hydrogen-bond acceptors (Lipinski definition) is 4. The topological polar surface area (TPSA) is 38.8 Å². The van der Waals surface area contributed by atoms with Gasteiger partial charge in [0.15, 0.2) is 5.79 Å². The summed E-state index contributed by atoms with van der Waals surface area (Å²) in [7, 11) is 2.22. The van der Waals surface area contributed by atoms with Crippen molar-refractivity contribution in [1.29, 1.82) is 0 Å². The molecule has 0 radical (unpaired) electrons. The fourth-order valence-electron chi connectivity index (χ4n) is 7.32. The molecule has 0 aromatic heterocycles. The molecule has 0 aromatic rings. The number of Topliss-reactive ketones (excluding diaryl/α,β-unsaturated/α-hetero) is 1. The molecule has 4 heteroatoms. The SMILES string of the molecule is CCCCC/C=C\C/C=C\CCCCCCCCC1(CCCCCCCC/C=C\C/C=C\CCCCC)OCC(CCN(C)CCCCCC(C)=O)O1. The van der Waals surface area contributed by atoms with Gasteiger partial charge in [-0.15, -0.1) is 0 Å². The van der Waals surface area contributed by atoms with Crippen molar-refractivity contribution in [2.45, 2.75) is 232 Å². The summed E-state index contributed by atoms with van der Waals surface area (Å²) in [6.45, 7) is 9.12. The summed E-state index contributed by atoms with van der Waals surface area (Å²) in [6.07, 6.45) is 56.9. The number of hydrogen-bond donors (Lipinski definition) is 0. The van der Waals surface area contributed by atoms with Crippen molar-refractivity contribution in [1.82, 2.24) is 4.90 Å². The number of ketones is 1. The fraction of sp³-hybridized carbons (Fsp3) is 0.816. The van der Waals surface area contributed by atoms with E-state index in [9.17, 15) is 4.79 Å². The Kier molecular flexibility index (Phi) is 35.0. The molecule has 1 aliphatic rings. The van der Waals surface area contributed by atoms with E-state index < -0.39 is 0 Å². The third kappa shape index (κ3) is 32.5. The molecular formula is C49H89NO3. The number of ether oxygens (including phenoxy) is 2. The molecule has 4 nitrogen and oxygen atoms in total. The quantitative estimate of drug-likeness (QED) is 0.0465. The molecule has 0 bridgehead atoms. The summed E-state index contributed by atoms with van der Waals surface area (Å²) in [5.74, 6) is -0.0495. The van der Waals surface area contributed by atoms with Gasteiger partial charge in [-0.2, -0.15) is 0 Å². The molecule has 0 aromatic carbocycles. The van der Waals surface area contributed by atoms with Gasteiger partial charge in [-0.25, -0.2) is 0 Å². The van der Waals surface area contributed by atoms with Crippen molar-refractivity contribution in [2.24, 2.45) is 0 Å². The van der Waals surface area contributed by atoms with Gasteiger partial charge in [0.25, 0.3) is 0 Å². The lowest BCUT2D eigenvalue weighted by molar-refractivity contribution is -0.180. The summed E-state index contributed by atoms with van der Waals surface area (Å²) in [6, 6.07) is 0. The minimum absolute atomic E-state index is 0.212. The Balaban J connectivity index is 2.31. The van der Waals surface area contributed by atoms with Gasteiger partial charge in [0.2, 0.25) is 0 Å². The lowest BCUT2D eigenvalue weighted by Crippen LogP contribution is -2.32. The highest BCUT2D eigenvalue weighted by Crippen LogP contribution is 2.35. The Morgan fingerprint density at radius 3 is 1.47 bits per heavy atom. The second-order valence-electron chi connectivity index (χ2n) is 16.2. The number of unbranched alkanes of at least 4 members (excludes halogenated alkanes) is 20. The van der Waals surface area contributed by atoms with Gasteiger partial charge < -0.3 is 19.2 Å². The van der Waals surface area contributed by atoms with Gasteiger partial charge >= 0.3 is 0 Å². The van der Waals surface area contributed by atoms with Gasteiger partial charge in [0.1, 0.15) is 5.78 Å². The normalized spacial score (nSPS) is 16.2. The molecule has 0 aliphatic carbocycles. The first-order chi connectivity index (χ1) is 26.0. The Bertz CT molecular complexity index is 873. The molecule has 1 atom stereocenters. The Morgan fingerprint density at radius 2 is 1.00 bits per heavy atom. The number of allylic oxidation sites excluding steroid dienone is 8. The van der Waals surface area contributed by atoms with Crippen molar-refractivity contribution >= 4 is 5.78 Å². The zero-order valence-electron chi connectivity index (χ0n) is 35.9. The average molecular weight is 740 g/mol. The van der Waals surface area contributed by atoms with E-state index in [4.69, 9.17) is 9.47 Å². The number of carbonyl (C=O) groups is 1. The molecule has 1 aliphatic heterocycles. The standard InChI is InChI=1S/C49H89NO3/c1-5-7-9-11-13-15-17-19-21-23-25-27-29-31-33-37-42-49(52-46-48(53-49)41-45-50(4)44-39-35-36-40-47(3)51)43-38-34-32-30-28-26-24-22-20-18-16-14-12-10-8-6-2/h13-16,19-22,48H,5-12,17-18,23-46H2,1-4H3/b15-13-,16-14-,21-19-,22-20-. The van der Waals surface area contributed by atoms with Gasteiger partial charge in [-0.1, -0.05) is 146 Å². The van der Waals surface area contributed by atoms with Crippen LogP contribution in [0.1, 0.15) is 220 Å². The van der Waals surface area contributed by atoms with E-state index in [-0.39, 0.29) is 11.9 Å². The summed E-state index contributed by atoms with van der Waals surface area (Å²) in [4.78, 5) is 13.6. The van der Waals surface area contributed by atoms with Gasteiger partial charge in [-0.05, 0) is 117 Å². The van der Waals surface area contributed by atoms with Crippen LogP contribution in [0.25, 0.3) is 0 Å². The molecule has 1 unspecified atom stereocenters. The van der Waals surface area contributed by atoms with E-state index in [1.165, 1.54) is 141 Å². The predicted octanol–water partition coefficient (Wildman–Crippen LogP) is 15.0. The number of nitrogens with zero attached hydrogens (tertiary/aromatic N) is 1. The van der Waals surface area contributed by atoms with Crippen molar-refractivity contribution in [3.63, 3.8) is 0 Å². The van der Waals surface area contributed by atoms with Crippen LogP contribution in [-0.2, 0) is 14.3 Å². The molecule has 0 amide bonds. The molecule has 0 saturated carbocycles. The van der Waals surface area contributed by atoms with Crippen molar-refractivity contribution in [2.75, 3.05) is 26.7 Å². The first-order valence-electron chi connectivity index (χ1n) is 23.1. The van der Waals surface area contributed by atoms with Crippen molar-refractivity contribution < 1.29 is 14.3 Å². The van der Waals surface area contributed by atoms with Crippen LogP contribution in [0.2, 0.25) is 0 Å². The number of carbonyl (C=O) groups excluding carboxylic acids is 1. The largest absolute Gasteiger partial charge is 0.347 e. The third-order valence-electron chi connectivity index (χ3n) is 10.8. The van der Waals surface area contributed by atoms with Crippen LogP contribution in [0.15, 0.2) is 48.6 Å². The summed E-state index contributed by atoms with van der Waals surface area (Å²) in [5.41, 5.74) is 0. The zero-order chi connectivity index (χ0) is 38.3. The van der Waals surface area contributed by atoms with Gasteiger partial charge in [-0.3, -0.25) is 0 Å². The highest BCUT2D eigenvalue weighted by molar-refractivity contribution is 5.75. The second-order valence-corrected chi connectivity index (χ2v) is 16.2. The molecular weight excluding hydrogens is 651 g/mol. The summed E-state index contributed by atoms with van der Waals surface area (Å²) in [5, 5.41) is 0. The summed E-state index contributed by atoms with van der Waals surface area (Å²) < 4.78 is 13.4. The summed E-state index contributed by atoms with van der Waals surface area (Å²) >= 11 is 0. The molecule has 1 heterocycles. The van der Waals surface area contributed by atoms with E-state index in [1.807, 2.05) is 0 Å². The Labute approximate surface area is 331 Å². The predicted molar refractivity (Wildman–Crippen MR) is 233 cm³/mol. The molecule has 1 saturated heterocycles. The van der Waals surface area contributed by atoms with E-state index >= 15 is 0 Å². The highest BCUT2D eigenvalue weighted by atomic mass is 16.7. The van der Waals surface area contributed by atoms with Crippen LogP contribution in [-0.4, -0.2) is 49.3 Å². The molecule has 53 heavy (non-hydrogen) atoms. The minimum Gasteiger partial charge on any atom is -0.347 e. The van der Waals surface area contributed by atoms with Crippen LogP contribution < -0.4 is 0 Å². The van der Waals surface area contributed by atoms with Crippen LogP contribution >= 0.6 is 0 Å². The van der Waals surface area contributed by atoms with E-state index in [1.54, 1.807) is 6.92 Å². The zero-order valence-corrected chi connectivity index (χ0v) is 35.9. The maximum atomic E-state index is 11.2. The van der Waals surface area contributed by atoms with Gasteiger partial charge in [0, 0.05) is 25.8 Å². The lowest BCUT2D eigenvalue weighted by Gasteiger charge is -2.29. The van der Waals surface area contributed by atoms with Crippen LogP contribution in [0, 0.1) is 0 Å².